The van der Waals surface area contributed by atoms with E-state index in [-0.39, 0.29) is 5.91 Å². The fraction of sp³-hybridized carbons (Fsp3) is 0.750. The van der Waals surface area contributed by atoms with Gasteiger partial charge in [-0.3, -0.25) is 14.4 Å². The van der Waals surface area contributed by atoms with Crippen molar-refractivity contribution >= 4 is 11.6 Å². The summed E-state index contributed by atoms with van der Waals surface area (Å²) in [7, 11) is 1.90. The number of amides is 1. The molecule has 0 aromatic carbocycles. The normalized spacial score (nSPS) is 16.2. The fourth-order valence-corrected chi connectivity index (χ4v) is 3.17. The van der Waals surface area contributed by atoms with Gasteiger partial charge in [0.15, 0.2) is 0 Å². The maximum Gasteiger partial charge on any atom is 0.238 e. The molecule has 1 aromatic rings. The lowest BCUT2D eigenvalue weighted by molar-refractivity contribution is -0.118. The highest BCUT2D eigenvalue weighted by molar-refractivity contribution is 5.93. The maximum absolute atomic E-state index is 12.4. The molecule has 2 N–H and O–H groups in total. The van der Waals surface area contributed by atoms with Gasteiger partial charge in [0, 0.05) is 13.1 Å². The summed E-state index contributed by atoms with van der Waals surface area (Å²) in [6, 6.07) is 0.517. The van der Waals surface area contributed by atoms with Crippen LogP contribution in [0.2, 0.25) is 0 Å². The zero-order valence-electron chi connectivity index (χ0n) is 14.3. The SMILES string of the molecule is CCCN(CC(=O)Nc1c(C)nn(C)c1C)C1CCNCC1. The lowest BCUT2D eigenvalue weighted by Crippen LogP contribution is -2.46. The van der Waals surface area contributed by atoms with Crippen LogP contribution < -0.4 is 10.6 Å². The summed E-state index contributed by atoms with van der Waals surface area (Å²) in [6.07, 6.45) is 3.32. The predicted molar refractivity (Wildman–Crippen MR) is 89.1 cm³/mol. The fourth-order valence-electron chi connectivity index (χ4n) is 3.17. The van der Waals surface area contributed by atoms with E-state index in [0.717, 1.165) is 56.0 Å². The molecule has 1 amide bonds. The topological polar surface area (TPSA) is 62.2 Å². The first-order valence-corrected chi connectivity index (χ1v) is 8.27. The second-order valence-electron chi connectivity index (χ2n) is 6.17. The molecule has 2 heterocycles. The number of anilines is 1. The first kappa shape index (κ1) is 17.0. The summed E-state index contributed by atoms with van der Waals surface area (Å²) in [6.45, 7) is 9.61. The Balaban J connectivity index is 1.98. The van der Waals surface area contributed by atoms with Crippen LogP contribution in [-0.2, 0) is 11.8 Å². The Morgan fingerprint density at radius 2 is 2.09 bits per heavy atom. The summed E-state index contributed by atoms with van der Waals surface area (Å²) in [5, 5.41) is 10.8. The van der Waals surface area contributed by atoms with Crippen LogP contribution in [0.5, 0.6) is 0 Å². The minimum absolute atomic E-state index is 0.0613. The quantitative estimate of drug-likeness (QED) is 0.835. The van der Waals surface area contributed by atoms with Crippen LogP contribution in [0.4, 0.5) is 5.69 Å². The number of hydrogen-bond donors (Lipinski definition) is 2. The summed E-state index contributed by atoms with van der Waals surface area (Å²) in [5.74, 6) is 0.0613. The van der Waals surface area contributed by atoms with Crippen LogP contribution in [0.1, 0.15) is 37.6 Å². The number of carbonyl (C=O) groups is 1. The molecular weight excluding hydrogens is 278 g/mol. The standard InChI is InChI=1S/C16H29N5O/c1-5-10-21(14-6-8-17-9-7-14)11-15(22)18-16-12(2)19-20(4)13(16)3/h14,17H,5-11H2,1-4H3,(H,18,22). The summed E-state index contributed by atoms with van der Waals surface area (Å²) < 4.78 is 1.81. The van der Waals surface area contributed by atoms with Crippen molar-refractivity contribution in [3.8, 4) is 0 Å². The van der Waals surface area contributed by atoms with Crippen LogP contribution >= 0.6 is 0 Å². The average molecular weight is 307 g/mol. The molecule has 124 valence electrons. The minimum atomic E-state index is 0.0613. The van der Waals surface area contributed by atoms with Crippen LogP contribution in [0.25, 0.3) is 0 Å². The Bertz CT molecular complexity index is 505. The Morgan fingerprint density at radius 3 is 2.64 bits per heavy atom. The van der Waals surface area contributed by atoms with Gasteiger partial charge in [0.1, 0.15) is 0 Å². The highest BCUT2D eigenvalue weighted by atomic mass is 16.2. The minimum Gasteiger partial charge on any atom is -0.322 e. The van der Waals surface area contributed by atoms with Crippen molar-refractivity contribution in [1.82, 2.24) is 20.0 Å². The zero-order valence-corrected chi connectivity index (χ0v) is 14.3. The van der Waals surface area contributed by atoms with Crippen molar-refractivity contribution in [3.63, 3.8) is 0 Å². The number of rotatable bonds is 6. The number of piperidine rings is 1. The van der Waals surface area contributed by atoms with E-state index in [4.69, 9.17) is 0 Å². The largest absolute Gasteiger partial charge is 0.322 e. The third-order valence-corrected chi connectivity index (χ3v) is 4.46. The second kappa shape index (κ2) is 7.74. The molecule has 1 aromatic heterocycles. The first-order valence-electron chi connectivity index (χ1n) is 8.27. The monoisotopic (exact) mass is 307 g/mol. The molecule has 0 unspecified atom stereocenters. The van der Waals surface area contributed by atoms with Crippen LogP contribution in [-0.4, -0.2) is 52.8 Å². The molecule has 22 heavy (non-hydrogen) atoms. The first-order chi connectivity index (χ1) is 10.5. The van der Waals surface area contributed by atoms with E-state index >= 15 is 0 Å². The number of aromatic nitrogens is 2. The van der Waals surface area contributed by atoms with E-state index < -0.39 is 0 Å². The van der Waals surface area contributed by atoms with Crippen LogP contribution in [0.15, 0.2) is 0 Å². The van der Waals surface area contributed by atoms with E-state index in [1.165, 1.54) is 0 Å². The molecule has 6 heteroatoms. The van der Waals surface area contributed by atoms with E-state index in [9.17, 15) is 4.79 Å². The van der Waals surface area contributed by atoms with Gasteiger partial charge in [-0.25, -0.2) is 0 Å². The van der Waals surface area contributed by atoms with Gasteiger partial charge in [-0.15, -0.1) is 0 Å². The van der Waals surface area contributed by atoms with Crippen molar-refractivity contribution < 1.29 is 4.79 Å². The van der Waals surface area contributed by atoms with Crippen molar-refractivity contribution in [2.24, 2.45) is 7.05 Å². The van der Waals surface area contributed by atoms with Crippen molar-refractivity contribution in [1.29, 1.82) is 0 Å². The van der Waals surface area contributed by atoms with Crippen molar-refractivity contribution in [2.75, 3.05) is 31.5 Å². The Morgan fingerprint density at radius 1 is 1.41 bits per heavy atom. The highest BCUT2D eigenvalue weighted by Crippen LogP contribution is 2.19. The number of hydrogen-bond acceptors (Lipinski definition) is 4. The number of nitrogens with zero attached hydrogens (tertiary/aromatic N) is 3. The average Bonchev–Trinajstić information content (AvgIpc) is 2.74. The molecule has 0 bridgehead atoms. The van der Waals surface area contributed by atoms with E-state index in [2.05, 4.69) is 27.6 Å². The van der Waals surface area contributed by atoms with Gasteiger partial charge in [-0.05, 0) is 52.7 Å². The van der Waals surface area contributed by atoms with Gasteiger partial charge in [-0.2, -0.15) is 5.10 Å². The number of nitrogens with one attached hydrogen (secondary N) is 2. The molecule has 1 fully saturated rings. The molecule has 0 radical (unpaired) electrons. The molecule has 0 atom stereocenters. The van der Waals surface area contributed by atoms with E-state index in [0.29, 0.717) is 12.6 Å². The molecule has 6 nitrogen and oxygen atoms in total. The van der Waals surface area contributed by atoms with Crippen molar-refractivity contribution in [3.05, 3.63) is 11.4 Å². The summed E-state index contributed by atoms with van der Waals surface area (Å²) in [4.78, 5) is 14.8. The van der Waals surface area contributed by atoms with Gasteiger partial charge in [0.05, 0.1) is 23.6 Å². The van der Waals surface area contributed by atoms with Crippen LogP contribution in [0, 0.1) is 13.8 Å². The predicted octanol–water partition coefficient (Wildman–Crippen LogP) is 1.44. The van der Waals surface area contributed by atoms with Gasteiger partial charge >= 0.3 is 0 Å². The van der Waals surface area contributed by atoms with Gasteiger partial charge in [0.25, 0.3) is 0 Å². The molecular formula is C16H29N5O. The number of carbonyl (C=O) groups excluding carboxylic acids is 1. The summed E-state index contributed by atoms with van der Waals surface area (Å²) in [5.41, 5.74) is 2.72. The molecule has 0 aliphatic carbocycles. The highest BCUT2D eigenvalue weighted by Gasteiger charge is 2.23. The molecule has 0 spiro atoms. The van der Waals surface area contributed by atoms with Gasteiger partial charge < -0.3 is 10.6 Å². The lowest BCUT2D eigenvalue weighted by atomic mass is 10.0. The maximum atomic E-state index is 12.4. The van der Waals surface area contributed by atoms with E-state index in [1.807, 2.05) is 25.6 Å². The zero-order chi connectivity index (χ0) is 16.1. The molecule has 1 saturated heterocycles. The van der Waals surface area contributed by atoms with Gasteiger partial charge in [-0.1, -0.05) is 6.92 Å². The third-order valence-electron chi connectivity index (χ3n) is 4.46. The summed E-state index contributed by atoms with van der Waals surface area (Å²) >= 11 is 0. The molecule has 2 rings (SSSR count). The smallest absolute Gasteiger partial charge is 0.238 e. The Kier molecular flexibility index (Phi) is 5.97. The van der Waals surface area contributed by atoms with E-state index in [1.54, 1.807) is 0 Å². The third kappa shape index (κ3) is 4.08. The second-order valence-corrected chi connectivity index (χ2v) is 6.17. The molecule has 1 aliphatic rings. The lowest BCUT2D eigenvalue weighted by Gasteiger charge is -2.34. The van der Waals surface area contributed by atoms with Crippen molar-refractivity contribution in [2.45, 2.75) is 46.1 Å². The number of aryl methyl sites for hydroxylation is 2. The van der Waals surface area contributed by atoms with Crippen LogP contribution in [0.3, 0.4) is 0 Å². The Hall–Kier alpha value is -1.40. The van der Waals surface area contributed by atoms with Gasteiger partial charge in [0.2, 0.25) is 5.91 Å². The molecule has 1 aliphatic heterocycles. The molecule has 0 saturated carbocycles. The Labute approximate surface area is 133 Å².